The van der Waals surface area contributed by atoms with E-state index in [1.54, 1.807) is 0 Å². The molecule has 15 aromatic rings. The van der Waals surface area contributed by atoms with Crippen LogP contribution in [0.3, 0.4) is 0 Å². The summed E-state index contributed by atoms with van der Waals surface area (Å²) in [5.41, 5.74) is 14.5. The van der Waals surface area contributed by atoms with E-state index >= 15 is 0 Å². The summed E-state index contributed by atoms with van der Waals surface area (Å²) in [7, 11) is 0. The fourth-order valence-corrected chi connectivity index (χ4v) is 11.5. The largest absolute Gasteiger partial charge is 0.310 e. The summed E-state index contributed by atoms with van der Waals surface area (Å²) >= 11 is 0. The molecule has 0 spiro atoms. The van der Waals surface area contributed by atoms with Gasteiger partial charge in [-0.25, -0.2) is 9.97 Å². The molecule has 0 aliphatic carbocycles. The zero-order valence-corrected chi connectivity index (χ0v) is 42.4. The van der Waals surface area contributed by atoms with Crippen molar-refractivity contribution in [2.24, 2.45) is 0 Å². The molecule has 78 heavy (non-hydrogen) atoms. The van der Waals surface area contributed by atoms with Gasteiger partial charge < -0.3 is 9.80 Å². The first-order valence-electron chi connectivity index (χ1n) is 26.5. The normalized spacial score (nSPS) is 11.6. The molecule has 13 aromatic carbocycles. The monoisotopic (exact) mass is 996 g/mol. The Labute approximate surface area is 451 Å². The van der Waals surface area contributed by atoms with Crippen LogP contribution in [0, 0.1) is 0 Å². The average Bonchev–Trinajstić information content (AvgIpc) is 4.20. The van der Waals surface area contributed by atoms with E-state index in [1.807, 2.05) is 0 Å². The second-order valence-electron chi connectivity index (χ2n) is 19.9. The number of para-hydroxylation sites is 2. The lowest BCUT2D eigenvalue weighted by atomic mass is 9.99. The SMILES string of the molecule is c1ccc(-c2nc3ccc(N(c4ccc5ccccc5c4)c4ccc5c(ccc6cc(N(c7ccc8ccccc8c7)c7ccc8nc(-c9ccccc9)n(-c9ccccc9)c8c7)ccc65)c4)cc3n2-c2ccccc2)cc1. The van der Waals surface area contributed by atoms with E-state index in [2.05, 4.69) is 310 Å². The zero-order valence-electron chi connectivity index (χ0n) is 42.4. The maximum atomic E-state index is 5.26. The van der Waals surface area contributed by atoms with Crippen LogP contribution >= 0.6 is 0 Å². The van der Waals surface area contributed by atoms with E-state index in [4.69, 9.17) is 9.97 Å². The van der Waals surface area contributed by atoms with Crippen molar-refractivity contribution in [2.75, 3.05) is 9.80 Å². The molecule has 0 aliphatic rings. The number of rotatable bonds is 10. The number of hydrogen-bond donors (Lipinski definition) is 0. The van der Waals surface area contributed by atoms with Gasteiger partial charge in [-0.1, -0.05) is 182 Å². The predicted octanol–water partition coefficient (Wildman–Crippen LogP) is 19.3. The first-order valence-corrected chi connectivity index (χ1v) is 26.5. The molecule has 0 atom stereocenters. The summed E-state index contributed by atoms with van der Waals surface area (Å²) in [4.78, 5) is 15.3. The van der Waals surface area contributed by atoms with Gasteiger partial charge in [0, 0.05) is 56.6 Å². The lowest BCUT2D eigenvalue weighted by Crippen LogP contribution is -2.10. The van der Waals surface area contributed by atoms with E-state index in [0.717, 1.165) is 101 Å². The van der Waals surface area contributed by atoms with Gasteiger partial charge >= 0.3 is 0 Å². The fraction of sp³-hybridized carbons (Fsp3) is 0. The summed E-state index contributed by atoms with van der Waals surface area (Å²) in [6.07, 6.45) is 0. The Hall–Kier alpha value is -10.6. The number of anilines is 6. The molecule has 2 heterocycles. The summed E-state index contributed by atoms with van der Waals surface area (Å²) in [5.74, 6) is 1.81. The predicted molar refractivity (Wildman–Crippen MR) is 326 cm³/mol. The molecular formula is C72H48N6. The Morgan fingerprint density at radius 2 is 0.551 bits per heavy atom. The Kier molecular flexibility index (Phi) is 10.7. The number of fused-ring (bicyclic) bond motifs is 7. The highest BCUT2D eigenvalue weighted by Crippen LogP contribution is 2.44. The van der Waals surface area contributed by atoms with Gasteiger partial charge in [-0.3, -0.25) is 9.13 Å². The van der Waals surface area contributed by atoms with Gasteiger partial charge in [0.15, 0.2) is 0 Å². The molecule has 0 bridgehead atoms. The third-order valence-electron chi connectivity index (χ3n) is 15.2. The lowest BCUT2D eigenvalue weighted by Gasteiger charge is -2.27. The third-order valence-corrected chi connectivity index (χ3v) is 15.2. The maximum Gasteiger partial charge on any atom is 0.145 e. The fourth-order valence-electron chi connectivity index (χ4n) is 11.5. The van der Waals surface area contributed by atoms with Gasteiger partial charge in [-0.2, -0.15) is 0 Å². The van der Waals surface area contributed by atoms with E-state index in [1.165, 1.54) is 32.3 Å². The molecule has 15 rings (SSSR count). The van der Waals surface area contributed by atoms with Crippen LogP contribution in [0.15, 0.2) is 291 Å². The molecule has 0 radical (unpaired) electrons. The van der Waals surface area contributed by atoms with Crippen molar-refractivity contribution in [2.45, 2.75) is 0 Å². The van der Waals surface area contributed by atoms with Crippen molar-refractivity contribution in [3.8, 4) is 34.2 Å². The molecule has 0 amide bonds. The van der Waals surface area contributed by atoms with Gasteiger partial charge in [-0.05, 0) is 152 Å². The van der Waals surface area contributed by atoms with Crippen molar-refractivity contribution >= 4 is 99.3 Å². The van der Waals surface area contributed by atoms with Crippen LogP contribution in [0.5, 0.6) is 0 Å². The molecule has 0 saturated carbocycles. The smallest absolute Gasteiger partial charge is 0.145 e. The third kappa shape index (κ3) is 7.82. The van der Waals surface area contributed by atoms with E-state index in [-0.39, 0.29) is 0 Å². The van der Waals surface area contributed by atoms with Gasteiger partial charge in [0.2, 0.25) is 0 Å². The lowest BCUT2D eigenvalue weighted by molar-refractivity contribution is 1.10. The summed E-state index contributed by atoms with van der Waals surface area (Å²) < 4.78 is 4.57. The molecule has 0 aliphatic heterocycles. The van der Waals surface area contributed by atoms with Crippen LogP contribution in [0.25, 0.3) is 99.3 Å². The zero-order chi connectivity index (χ0) is 51.5. The molecule has 6 nitrogen and oxygen atoms in total. The Balaban J connectivity index is 0.872. The van der Waals surface area contributed by atoms with Crippen molar-refractivity contribution in [3.63, 3.8) is 0 Å². The quantitative estimate of drug-likeness (QED) is 0.128. The minimum absolute atomic E-state index is 0.904. The molecule has 366 valence electrons. The molecule has 0 fully saturated rings. The number of benzene rings is 13. The van der Waals surface area contributed by atoms with Crippen LogP contribution in [-0.4, -0.2) is 19.1 Å². The second kappa shape index (κ2) is 18.7. The first-order chi connectivity index (χ1) is 38.6. The highest BCUT2D eigenvalue weighted by atomic mass is 15.2. The van der Waals surface area contributed by atoms with Crippen molar-refractivity contribution in [1.82, 2.24) is 19.1 Å². The minimum atomic E-state index is 0.904. The van der Waals surface area contributed by atoms with Crippen LogP contribution in [0.2, 0.25) is 0 Å². The first kappa shape index (κ1) is 44.9. The molecule has 0 unspecified atom stereocenters. The average molecular weight is 997 g/mol. The standard InChI is InChI=1S/C72H48N6/c1-5-19-51(20-6-1)71-73-67-41-37-63(47-69(67)77(71)57-25-9-3-10-26-57)75(59-33-31-49-17-13-15-23-53(49)43-59)61-35-39-65-55(45-61)29-30-56-46-62(36-40-66(56)65)76(60-34-32-50-18-14-16-24-54(50)44-60)64-38-42-68-70(48-64)78(58-27-11-4-12-28-58)72(74-68)52-21-7-2-8-22-52/h1-48H. The van der Waals surface area contributed by atoms with Crippen LogP contribution < -0.4 is 9.80 Å². The summed E-state index contributed by atoms with van der Waals surface area (Å²) in [5, 5.41) is 9.44. The van der Waals surface area contributed by atoms with Crippen molar-refractivity contribution < 1.29 is 0 Å². The van der Waals surface area contributed by atoms with Crippen molar-refractivity contribution in [3.05, 3.63) is 291 Å². The van der Waals surface area contributed by atoms with Gasteiger partial charge in [-0.15, -0.1) is 0 Å². The molecule has 0 saturated heterocycles. The Bertz CT molecular complexity index is 4440. The maximum absolute atomic E-state index is 5.26. The van der Waals surface area contributed by atoms with Crippen LogP contribution in [0.4, 0.5) is 34.1 Å². The summed E-state index contributed by atoms with van der Waals surface area (Å²) in [6, 6.07) is 104. The Morgan fingerprint density at radius 1 is 0.244 bits per heavy atom. The highest BCUT2D eigenvalue weighted by molar-refractivity contribution is 6.10. The van der Waals surface area contributed by atoms with E-state index in [9.17, 15) is 0 Å². The number of hydrogen-bond acceptors (Lipinski definition) is 4. The van der Waals surface area contributed by atoms with E-state index in [0.29, 0.717) is 0 Å². The van der Waals surface area contributed by atoms with Gasteiger partial charge in [0.05, 0.1) is 22.1 Å². The molecule has 2 aromatic heterocycles. The van der Waals surface area contributed by atoms with Crippen molar-refractivity contribution in [1.29, 1.82) is 0 Å². The Morgan fingerprint density at radius 3 is 0.962 bits per heavy atom. The topological polar surface area (TPSA) is 42.1 Å². The van der Waals surface area contributed by atoms with Gasteiger partial charge in [0.1, 0.15) is 11.6 Å². The van der Waals surface area contributed by atoms with Crippen LogP contribution in [-0.2, 0) is 0 Å². The van der Waals surface area contributed by atoms with Crippen LogP contribution in [0.1, 0.15) is 0 Å². The molecule has 0 N–H and O–H groups in total. The highest BCUT2D eigenvalue weighted by Gasteiger charge is 2.22. The summed E-state index contributed by atoms with van der Waals surface area (Å²) in [6.45, 7) is 0. The number of nitrogens with zero attached hydrogens (tertiary/aromatic N) is 6. The number of imidazole rings is 2. The van der Waals surface area contributed by atoms with E-state index < -0.39 is 0 Å². The van der Waals surface area contributed by atoms with Gasteiger partial charge in [0.25, 0.3) is 0 Å². The minimum Gasteiger partial charge on any atom is -0.310 e. The molecule has 6 heteroatoms. The second-order valence-corrected chi connectivity index (χ2v) is 19.9. The molecular weight excluding hydrogens is 949 g/mol. The number of aromatic nitrogens is 4.